The van der Waals surface area contributed by atoms with Crippen molar-refractivity contribution in [2.24, 2.45) is 0 Å². The number of benzene rings is 2. The van der Waals surface area contributed by atoms with Gasteiger partial charge in [-0.05, 0) is 43.3 Å². The minimum atomic E-state index is -0.984. The fourth-order valence-corrected chi connectivity index (χ4v) is 2.51. The van der Waals surface area contributed by atoms with Gasteiger partial charge in [-0.1, -0.05) is 0 Å². The lowest BCUT2D eigenvalue weighted by atomic mass is 10.1. The number of aliphatic carboxylic acids is 1. The van der Waals surface area contributed by atoms with Crippen LogP contribution in [0.3, 0.4) is 0 Å². The average Bonchev–Trinajstić information content (AvgIpc) is 2.68. The van der Waals surface area contributed by atoms with Crippen molar-refractivity contribution in [3.63, 3.8) is 0 Å². The van der Waals surface area contributed by atoms with E-state index in [1.807, 2.05) is 6.92 Å². The molecule has 0 aliphatic carbocycles. The normalized spacial score (nSPS) is 10.1. The van der Waals surface area contributed by atoms with Crippen LogP contribution in [0.1, 0.15) is 32.7 Å². The Bertz CT molecular complexity index is 852. The van der Waals surface area contributed by atoms with Crippen molar-refractivity contribution >= 4 is 23.5 Å². The summed E-state index contributed by atoms with van der Waals surface area (Å²) in [4.78, 5) is 34.9. The zero-order valence-corrected chi connectivity index (χ0v) is 15.9. The second kappa shape index (κ2) is 9.40. The Kier molecular flexibility index (Phi) is 6.97. The van der Waals surface area contributed by atoms with E-state index in [9.17, 15) is 14.4 Å². The van der Waals surface area contributed by atoms with Gasteiger partial charge < -0.3 is 25.2 Å². The smallest absolute Gasteiger partial charge is 0.305 e. The van der Waals surface area contributed by atoms with E-state index >= 15 is 0 Å². The molecule has 0 aliphatic rings. The molecule has 0 fully saturated rings. The number of carboxylic acid groups (broad SMARTS) is 1. The van der Waals surface area contributed by atoms with Crippen molar-refractivity contribution in [1.82, 2.24) is 5.32 Å². The number of anilines is 1. The van der Waals surface area contributed by atoms with Crippen LogP contribution >= 0.6 is 0 Å². The lowest BCUT2D eigenvalue weighted by molar-refractivity contribution is -0.136. The summed E-state index contributed by atoms with van der Waals surface area (Å²) in [5.41, 5.74) is 2.03. The van der Waals surface area contributed by atoms with Crippen LogP contribution in [0.25, 0.3) is 0 Å². The zero-order valence-electron chi connectivity index (χ0n) is 15.9. The van der Waals surface area contributed by atoms with Gasteiger partial charge in [0.15, 0.2) is 0 Å². The molecule has 0 bridgehead atoms. The molecule has 0 radical (unpaired) electrons. The maximum atomic E-state index is 12.5. The average molecular weight is 386 g/mol. The van der Waals surface area contributed by atoms with Crippen LogP contribution in [0.5, 0.6) is 11.5 Å². The molecule has 2 amide bonds. The van der Waals surface area contributed by atoms with Crippen molar-refractivity contribution in [2.45, 2.75) is 13.3 Å². The molecule has 28 heavy (non-hydrogen) atoms. The van der Waals surface area contributed by atoms with E-state index in [2.05, 4.69) is 10.6 Å². The van der Waals surface area contributed by atoms with E-state index in [1.165, 1.54) is 14.2 Å². The van der Waals surface area contributed by atoms with Crippen LogP contribution in [0.4, 0.5) is 5.69 Å². The maximum Gasteiger partial charge on any atom is 0.305 e. The first-order valence-corrected chi connectivity index (χ1v) is 8.49. The predicted octanol–water partition coefficient (Wildman–Crippen LogP) is 2.47. The van der Waals surface area contributed by atoms with Crippen LogP contribution in [0, 0.1) is 6.92 Å². The molecule has 0 aromatic heterocycles. The summed E-state index contributed by atoms with van der Waals surface area (Å²) in [6.45, 7) is 1.88. The summed E-state index contributed by atoms with van der Waals surface area (Å²) in [5, 5.41) is 13.8. The fourth-order valence-electron chi connectivity index (χ4n) is 2.51. The van der Waals surface area contributed by atoms with Crippen molar-refractivity contribution < 1.29 is 29.0 Å². The van der Waals surface area contributed by atoms with Gasteiger partial charge in [0.1, 0.15) is 11.5 Å². The minimum absolute atomic E-state index is 0.0454. The number of methoxy groups -OCH3 is 2. The highest BCUT2D eigenvalue weighted by Gasteiger charge is 2.14. The molecule has 0 saturated heterocycles. The summed E-state index contributed by atoms with van der Waals surface area (Å²) >= 11 is 0. The summed E-state index contributed by atoms with van der Waals surface area (Å²) in [7, 11) is 3.04. The Morgan fingerprint density at radius 2 is 1.50 bits per heavy atom. The highest BCUT2D eigenvalue weighted by Crippen LogP contribution is 2.29. The highest BCUT2D eigenvalue weighted by molar-refractivity contribution is 6.05. The Labute approximate surface area is 162 Å². The van der Waals surface area contributed by atoms with Crippen molar-refractivity contribution in [1.29, 1.82) is 0 Å². The van der Waals surface area contributed by atoms with Crippen molar-refractivity contribution in [3.05, 3.63) is 53.1 Å². The third-order valence-corrected chi connectivity index (χ3v) is 4.04. The number of carbonyl (C=O) groups is 3. The van der Waals surface area contributed by atoms with Gasteiger partial charge in [-0.3, -0.25) is 14.4 Å². The first kappa shape index (κ1) is 20.8. The molecule has 0 unspecified atom stereocenters. The minimum Gasteiger partial charge on any atom is -0.496 e. The predicted molar refractivity (Wildman–Crippen MR) is 103 cm³/mol. The van der Waals surface area contributed by atoms with Crippen LogP contribution in [-0.4, -0.2) is 43.7 Å². The molecule has 8 nitrogen and oxygen atoms in total. The first-order chi connectivity index (χ1) is 13.3. The summed E-state index contributed by atoms with van der Waals surface area (Å²) in [6, 6.07) is 9.51. The van der Waals surface area contributed by atoms with Gasteiger partial charge >= 0.3 is 5.97 Å². The van der Waals surface area contributed by atoms with Crippen molar-refractivity contribution in [3.8, 4) is 11.5 Å². The van der Waals surface area contributed by atoms with E-state index in [0.717, 1.165) is 5.56 Å². The van der Waals surface area contributed by atoms with E-state index < -0.39 is 5.97 Å². The van der Waals surface area contributed by atoms with Gasteiger partial charge in [0.25, 0.3) is 11.8 Å². The molecule has 148 valence electrons. The Morgan fingerprint density at radius 1 is 0.929 bits per heavy atom. The van der Waals surface area contributed by atoms with Crippen LogP contribution in [-0.2, 0) is 4.79 Å². The molecular formula is C20H22N2O6. The number of nitrogens with one attached hydrogen (secondary N) is 2. The molecule has 8 heteroatoms. The molecule has 2 aromatic rings. The van der Waals surface area contributed by atoms with Gasteiger partial charge in [-0.2, -0.15) is 0 Å². The third kappa shape index (κ3) is 5.23. The van der Waals surface area contributed by atoms with E-state index in [4.69, 9.17) is 14.6 Å². The first-order valence-electron chi connectivity index (χ1n) is 8.49. The van der Waals surface area contributed by atoms with Crippen LogP contribution < -0.4 is 20.1 Å². The third-order valence-electron chi connectivity index (χ3n) is 4.04. The number of amides is 2. The largest absolute Gasteiger partial charge is 0.496 e. The van der Waals surface area contributed by atoms with Gasteiger partial charge in [0, 0.05) is 28.9 Å². The number of hydrogen-bond donors (Lipinski definition) is 3. The summed E-state index contributed by atoms with van der Waals surface area (Å²) < 4.78 is 10.6. The number of ether oxygens (including phenoxy) is 2. The van der Waals surface area contributed by atoms with Crippen LogP contribution in [0.15, 0.2) is 36.4 Å². The van der Waals surface area contributed by atoms with Gasteiger partial charge in [0.2, 0.25) is 0 Å². The van der Waals surface area contributed by atoms with E-state index in [1.54, 1.807) is 36.4 Å². The van der Waals surface area contributed by atoms with Gasteiger partial charge in [0.05, 0.1) is 20.6 Å². The molecule has 2 aromatic carbocycles. The van der Waals surface area contributed by atoms with Crippen molar-refractivity contribution in [2.75, 3.05) is 26.1 Å². The fraction of sp³-hybridized carbons (Fsp3) is 0.250. The maximum absolute atomic E-state index is 12.5. The van der Waals surface area contributed by atoms with Gasteiger partial charge in [-0.25, -0.2) is 0 Å². The topological polar surface area (TPSA) is 114 Å². The highest BCUT2D eigenvalue weighted by atomic mass is 16.5. The molecule has 0 atom stereocenters. The number of carboxylic acids is 1. The monoisotopic (exact) mass is 386 g/mol. The Morgan fingerprint density at radius 3 is 2.00 bits per heavy atom. The second-order valence-electron chi connectivity index (χ2n) is 5.94. The number of hydrogen-bond acceptors (Lipinski definition) is 5. The van der Waals surface area contributed by atoms with E-state index in [0.29, 0.717) is 28.3 Å². The lowest BCUT2D eigenvalue weighted by Crippen LogP contribution is -2.25. The quantitative estimate of drug-likeness (QED) is 0.642. The summed E-state index contributed by atoms with van der Waals surface area (Å²) in [5.74, 6) is -0.638. The lowest BCUT2D eigenvalue weighted by Gasteiger charge is -2.13. The Balaban J connectivity index is 2.07. The molecule has 0 spiro atoms. The van der Waals surface area contributed by atoms with E-state index in [-0.39, 0.29) is 24.8 Å². The Hall–Kier alpha value is -3.55. The molecule has 3 N–H and O–H groups in total. The molecule has 2 rings (SSSR count). The summed E-state index contributed by atoms with van der Waals surface area (Å²) in [6.07, 6.45) is -0.149. The number of rotatable bonds is 8. The molecule has 0 saturated carbocycles. The zero-order chi connectivity index (χ0) is 20.7. The molecule has 0 heterocycles. The molecule has 0 aliphatic heterocycles. The second-order valence-corrected chi connectivity index (χ2v) is 5.94. The SMILES string of the molecule is COc1cc(C(=O)Nc2ccc(C(=O)NCCC(=O)O)cc2)cc(OC)c1C. The standard InChI is InChI=1S/C20H22N2O6/c1-12-16(27-2)10-14(11-17(12)28-3)20(26)22-15-6-4-13(5-7-15)19(25)21-9-8-18(23)24/h4-7,10-11H,8-9H2,1-3H3,(H,21,25)(H,22,26)(H,23,24). The molecular weight excluding hydrogens is 364 g/mol. The van der Waals surface area contributed by atoms with Gasteiger partial charge in [-0.15, -0.1) is 0 Å². The number of carbonyl (C=O) groups excluding carboxylic acids is 2. The van der Waals surface area contributed by atoms with Crippen LogP contribution in [0.2, 0.25) is 0 Å².